The number of aliphatic hydroxyl groups excluding tert-OH is 3. The maximum atomic E-state index is 11.7. The molecule has 0 aliphatic carbocycles. The summed E-state index contributed by atoms with van der Waals surface area (Å²) in [5.41, 5.74) is 0. The van der Waals surface area contributed by atoms with Gasteiger partial charge in [-0.25, -0.2) is 4.79 Å². The third kappa shape index (κ3) is 6.59. The lowest BCUT2D eigenvalue weighted by molar-refractivity contribution is -0.153. The minimum atomic E-state index is -1.73. The van der Waals surface area contributed by atoms with Crippen molar-refractivity contribution in [3.05, 3.63) is 12.3 Å². The molecule has 24 heavy (non-hydrogen) atoms. The standard InChI is InChI=1S/C17H29NO6/c1-2-3-4-5-6-7-8-9-10-11-18-16(22)14(21)15-12(19)13(20)17(23)24-15/h10-15,19-21H,2-9H2,1H3,(H,18,22)/t12-,13+,14?,15+/m1/s1. The Hall–Kier alpha value is -1.44. The molecule has 1 amide bonds. The fourth-order valence-corrected chi connectivity index (χ4v) is 2.52. The van der Waals surface area contributed by atoms with Crippen molar-refractivity contribution in [2.75, 3.05) is 0 Å². The van der Waals surface area contributed by atoms with Crippen LogP contribution in [0.5, 0.6) is 0 Å². The van der Waals surface area contributed by atoms with Crippen molar-refractivity contribution in [3.8, 4) is 0 Å². The van der Waals surface area contributed by atoms with E-state index < -0.39 is 36.3 Å². The molecule has 4 atom stereocenters. The van der Waals surface area contributed by atoms with Crippen LogP contribution in [-0.4, -0.2) is 51.6 Å². The Kier molecular flexibility index (Phi) is 9.59. The second-order valence-electron chi connectivity index (χ2n) is 6.10. The predicted molar refractivity (Wildman–Crippen MR) is 87.8 cm³/mol. The normalized spacial score (nSPS) is 25.0. The van der Waals surface area contributed by atoms with Crippen LogP contribution in [0.4, 0.5) is 0 Å². The van der Waals surface area contributed by atoms with Crippen molar-refractivity contribution >= 4 is 11.9 Å². The molecule has 0 bridgehead atoms. The molecule has 0 aromatic heterocycles. The minimum absolute atomic E-state index is 0.795. The van der Waals surface area contributed by atoms with E-state index in [4.69, 9.17) is 0 Å². The van der Waals surface area contributed by atoms with E-state index in [9.17, 15) is 24.9 Å². The smallest absolute Gasteiger partial charge is 0.338 e. The maximum Gasteiger partial charge on any atom is 0.338 e. The first kappa shape index (κ1) is 20.6. The number of carbonyl (C=O) groups is 2. The third-order valence-electron chi connectivity index (χ3n) is 4.05. The lowest BCUT2D eigenvalue weighted by Crippen LogP contribution is -2.46. The first-order valence-electron chi connectivity index (χ1n) is 8.69. The second kappa shape index (κ2) is 11.2. The zero-order valence-electron chi connectivity index (χ0n) is 14.2. The highest BCUT2D eigenvalue weighted by atomic mass is 16.6. The van der Waals surface area contributed by atoms with E-state index in [1.165, 1.54) is 38.3 Å². The van der Waals surface area contributed by atoms with Crippen LogP contribution in [-0.2, 0) is 14.3 Å². The number of ether oxygens (including phenoxy) is 1. The SMILES string of the molecule is CCCCCCCCCC=CNC(=O)C(O)[C@H]1OC(=O)[C@@H](O)[C@H]1O. The summed E-state index contributed by atoms with van der Waals surface area (Å²) in [5, 5.41) is 30.9. The van der Waals surface area contributed by atoms with Crippen LogP contribution < -0.4 is 5.32 Å². The van der Waals surface area contributed by atoms with E-state index in [1.807, 2.05) is 0 Å². The Morgan fingerprint density at radius 1 is 1.21 bits per heavy atom. The van der Waals surface area contributed by atoms with Gasteiger partial charge in [0, 0.05) is 0 Å². The molecular formula is C17H29NO6. The number of rotatable bonds is 11. The van der Waals surface area contributed by atoms with Crippen molar-refractivity contribution in [1.29, 1.82) is 0 Å². The van der Waals surface area contributed by atoms with Crippen molar-refractivity contribution < 1.29 is 29.6 Å². The molecule has 1 heterocycles. The van der Waals surface area contributed by atoms with Gasteiger partial charge in [-0.2, -0.15) is 0 Å². The number of carbonyl (C=O) groups excluding carboxylic acids is 2. The van der Waals surface area contributed by atoms with Gasteiger partial charge in [0.05, 0.1) is 0 Å². The average Bonchev–Trinajstić information content (AvgIpc) is 2.83. The topological polar surface area (TPSA) is 116 Å². The second-order valence-corrected chi connectivity index (χ2v) is 6.10. The molecule has 138 valence electrons. The lowest BCUT2D eigenvalue weighted by atomic mass is 10.1. The minimum Gasteiger partial charge on any atom is -0.454 e. The molecule has 1 unspecified atom stereocenters. The van der Waals surface area contributed by atoms with Crippen molar-refractivity contribution in [2.45, 2.75) is 82.7 Å². The molecule has 7 nitrogen and oxygen atoms in total. The average molecular weight is 343 g/mol. The van der Waals surface area contributed by atoms with Crippen LogP contribution in [0.2, 0.25) is 0 Å². The van der Waals surface area contributed by atoms with E-state index in [0.717, 1.165) is 19.3 Å². The van der Waals surface area contributed by atoms with E-state index in [-0.39, 0.29) is 0 Å². The number of esters is 1. The summed E-state index contributed by atoms with van der Waals surface area (Å²) < 4.78 is 4.59. The van der Waals surface area contributed by atoms with Crippen LogP contribution in [0.3, 0.4) is 0 Å². The number of allylic oxidation sites excluding steroid dienone is 1. The highest BCUT2D eigenvalue weighted by molar-refractivity contribution is 5.84. The van der Waals surface area contributed by atoms with Crippen LogP contribution in [0, 0.1) is 0 Å². The zero-order valence-corrected chi connectivity index (χ0v) is 14.2. The van der Waals surface area contributed by atoms with Gasteiger partial charge in [0.15, 0.2) is 18.3 Å². The number of hydrogen-bond acceptors (Lipinski definition) is 6. The van der Waals surface area contributed by atoms with Crippen molar-refractivity contribution in [1.82, 2.24) is 5.32 Å². The molecular weight excluding hydrogens is 314 g/mol. The first-order chi connectivity index (χ1) is 11.5. The van der Waals surface area contributed by atoms with Crippen LogP contribution >= 0.6 is 0 Å². The van der Waals surface area contributed by atoms with Gasteiger partial charge >= 0.3 is 5.97 Å². The predicted octanol–water partition coefficient (Wildman–Crippen LogP) is 0.765. The largest absolute Gasteiger partial charge is 0.454 e. The number of amides is 1. The molecule has 0 spiro atoms. The van der Waals surface area contributed by atoms with E-state index in [1.54, 1.807) is 6.08 Å². The number of nitrogens with one attached hydrogen (secondary N) is 1. The summed E-state index contributed by atoms with van der Waals surface area (Å²) in [6, 6.07) is 0. The Morgan fingerprint density at radius 2 is 1.83 bits per heavy atom. The van der Waals surface area contributed by atoms with E-state index in [2.05, 4.69) is 17.0 Å². The molecule has 1 rings (SSSR count). The van der Waals surface area contributed by atoms with Crippen LogP contribution in [0.1, 0.15) is 58.3 Å². The summed E-state index contributed by atoms with van der Waals surface area (Å²) in [6.45, 7) is 2.19. The Labute approximate surface area is 142 Å². The zero-order chi connectivity index (χ0) is 17.9. The van der Waals surface area contributed by atoms with Gasteiger partial charge in [0.1, 0.15) is 6.10 Å². The monoisotopic (exact) mass is 343 g/mol. The number of aliphatic hydroxyl groups is 3. The molecule has 7 heteroatoms. The van der Waals surface area contributed by atoms with Crippen molar-refractivity contribution in [3.63, 3.8) is 0 Å². The Bertz CT molecular complexity index is 425. The van der Waals surface area contributed by atoms with E-state index in [0.29, 0.717) is 0 Å². The highest BCUT2D eigenvalue weighted by Gasteiger charge is 2.48. The van der Waals surface area contributed by atoms with Gasteiger partial charge in [0.25, 0.3) is 5.91 Å². The molecule has 1 aliphatic rings. The molecule has 4 N–H and O–H groups in total. The summed E-state index contributed by atoms with van der Waals surface area (Å²) in [5.74, 6) is -1.84. The quantitative estimate of drug-likeness (QED) is 0.325. The first-order valence-corrected chi connectivity index (χ1v) is 8.69. The molecule has 0 radical (unpaired) electrons. The van der Waals surface area contributed by atoms with Crippen LogP contribution in [0.15, 0.2) is 12.3 Å². The fourth-order valence-electron chi connectivity index (χ4n) is 2.52. The van der Waals surface area contributed by atoms with Gasteiger partial charge in [0.2, 0.25) is 0 Å². The highest BCUT2D eigenvalue weighted by Crippen LogP contribution is 2.19. The number of unbranched alkanes of at least 4 members (excludes halogenated alkanes) is 7. The molecule has 1 aliphatic heterocycles. The van der Waals surface area contributed by atoms with Gasteiger partial charge < -0.3 is 25.4 Å². The van der Waals surface area contributed by atoms with Gasteiger partial charge in [-0.3, -0.25) is 4.79 Å². The summed E-state index contributed by atoms with van der Waals surface area (Å²) in [6.07, 6.45) is 5.98. The fraction of sp³-hybridized carbons (Fsp3) is 0.765. The molecule has 0 saturated carbocycles. The molecule has 1 saturated heterocycles. The number of hydrogen-bond donors (Lipinski definition) is 4. The summed E-state index contributed by atoms with van der Waals surface area (Å²) in [7, 11) is 0. The maximum absolute atomic E-state index is 11.7. The van der Waals surface area contributed by atoms with Gasteiger partial charge in [-0.05, 0) is 19.0 Å². The Morgan fingerprint density at radius 3 is 2.42 bits per heavy atom. The Balaban J connectivity index is 2.15. The number of cyclic esters (lactones) is 1. The van der Waals surface area contributed by atoms with E-state index >= 15 is 0 Å². The summed E-state index contributed by atoms with van der Waals surface area (Å²) >= 11 is 0. The third-order valence-corrected chi connectivity index (χ3v) is 4.05. The molecule has 1 fully saturated rings. The molecule has 0 aromatic rings. The van der Waals surface area contributed by atoms with Crippen LogP contribution in [0.25, 0.3) is 0 Å². The van der Waals surface area contributed by atoms with Gasteiger partial charge in [-0.1, -0.05) is 51.5 Å². The van der Waals surface area contributed by atoms with Crippen molar-refractivity contribution in [2.24, 2.45) is 0 Å². The van der Waals surface area contributed by atoms with Gasteiger partial charge in [-0.15, -0.1) is 0 Å². The molecule has 0 aromatic carbocycles. The summed E-state index contributed by atoms with van der Waals surface area (Å²) in [4.78, 5) is 22.8. The lowest BCUT2D eigenvalue weighted by Gasteiger charge is -2.18.